The van der Waals surface area contributed by atoms with Gasteiger partial charge in [-0.1, -0.05) is 13.8 Å². The Morgan fingerprint density at radius 3 is 2.25 bits per heavy atom. The number of rotatable bonds is 6. The summed E-state index contributed by atoms with van der Waals surface area (Å²) in [6.45, 7) is 11.8. The fraction of sp³-hybridized carbons (Fsp3) is 0.895. The van der Waals surface area contributed by atoms with Gasteiger partial charge in [0.05, 0.1) is 6.54 Å². The molecule has 0 unspecified atom stereocenters. The van der Waals surface area contributed by atoms with Crippen molar-refractivity contribution in [3.8, 4) is 0 Å². The number of likely N-dealkylation sites (tertiary alicyclic amines) is 2. The Labute approximate surface area is 146 Å². The van der Waals surface area contributed by atoms with E-state index in [9.17, 15) is 0 Å². The van der Waals surface area contributed by atoms with Gasteiger partial charge in [-0.25, -0.2) is 0 Å². The molecule has 0 amide bonds. The molecule has 1 aliphatic carbocycles. The van der Waals surface area contributed by atoms with Crippen LogP contribution in [0.3, 0.4) is 0 Å². The second-order valence-corrected chi connectivity index (χ2v) is 8.53. The van der Waals surface area contributed by atoms with Crippen molar-refractivity contribution < 1.29 is 0 Å². The molecule has 2 aliphatic heterocycles. The smallest absolute Gasteiger partial charge is 0.147 e. The summed E-state index contributed by atoms with van der Waals surface area (Å²) in [5.41, 5.74) is 0. The van der Waals surface area contributed by atoms with E-state index in [2.05, 4.69) is 33.3 Å². The van der Waals surface area contributed by atoms with Crippen LogP contribution in [0.1, 0.15) is 76.0 Å². The molecule has 0 N–H and O–H groups in total. The predicted molar refractivity (Wildman–Crippen MR) is 96.1 cm³/mol. The van der Waals surface area contributed by atoms with Crippen molar-refractivity contribution in [2.45, 2.75) is 70.9 Å². The van der Waals surface area contributed by atoms with E-state index >= 15 is 0 Å². The van der Waals surface area contributed by atoms with Crippen LogP contribution in [0.15, 0.2) is 0 Å². The number of aromatic nitrogens is 3. The highest BCUT2D eigenvalue weighted by Crippen LogP contribution is 2.40. The van der Waals surface area contributed by atoms with Crippen molar-refractivity contribution in [2.75, 3.05) is 32.7 Å². The van der Waals surface area contributed by atoms with Gasteiger partial charge in [0, 0.05) is 18.5 Å². The topological polar surface area (TPSA) is 37.2 Å². The minimum atomic E-state index is 0.619. The Balaban J connectivity index is 1.44. The van der Waals surface area contributed by atoms with Gasteiger partial charge in [0.2, 0.25) is 0 Å². The van der Waals surface area contributed by atoms with Crippen LogP contribution in [0.4, 0.5) is 0 Å². The lowest BCUT2D eigenvalue weighted by atomic mass is 9.95. The van der Waals surface area contributed by atoms with Gasteiger partial charge in [-0.15, -0.1) is 10.2 Å². The average Bonchev–Trinajstić information content (AvgIpc) is 3.11. The SMILES string of the molecule is CC(C)CN1CCC(c2nnc(CN3CCCC3)n2C2CC2)CC1. The summed E-state index contributed by atoms with van der Waals surface area (Å²) in [6.07, 6.45) is 7.84. The molecule has 134 valence electrons. The molecule has 1 aromatic heterocycles. The van der Waals surface area contributed by atoms with E-state index in [0.717, 1.165) is 12.5 Å². The van der Waals surface area contributed by atoms with E-state index in [1.165, 1.54) is 82.9 Å². The van der Waals surface area contributed by atoms with Crippen molar-refractivity contribution >= 4 is 0 Å². The third-order valence-electron chi connectivity index (χ3n) is 5.84. The van der Waals surface area contributed by atoms with E-state index in [1.807, 2.05) is 0 Å². The van der Waals surface area contributed by atoms with Gasteiger partial charge in [-0.2, -0.15) is 0 Å². The van der Waals surface area contributed by atoms with E-state index in [4.69, 9.17) is 5.10 Å². The highest BCUT2D eigenvalue weighted by atomic mass is 15.3. The molecule has 3 fully saturated rings. The number of nitrogens with zero attached hydrogens (tertiary/aromatic N) is 5. The van der Waals surface area contributed by atoms with Crippen molar-refractivity contribution in [1.82, 2.24) is 24.6 Å². The lowest BCUT2D eigenvalue weighted by Crippen LogP contribution is -2.36. The Bertz CT molecular complexity index is 534. The number of hydrogen-bond acceptors (Lipinski definition) is 4. The van der Waals surface area contributed by atoms with Gasteiger partial charge >= 0.3 is 0 Å². The van der Waals surface area contributed by atoms with Crippen LogP contribution >= 0.6 is 0 Å². The molecule has 0 bridgehead atoms. The zero-order chi connectivity index (χ0) is 16.5. The fourth-order valence-electron chi connectivity index (χ4n) is 4.49. The molecular formula is C19H33N5. The molecule has 5 nitrogen and oxygen atoms in total. The summed E-state index contributed by atoms with van der Waals surface area (Å²) in [4.78, 5) is 5.18. The largest absolute Gasteiger partial charge is 0.311 e. The highest BCUT2D eigenvalue weighted by molar-refractivity contribution is 5.09. The zero-order valence-corrected chi connectivity index (χ0v) is 15.5. The summed E-state index contributed by atoms with van der Waals surface area (Å²) in [6, 6.07) is 0.696. The normalized spacial score (nSPS) is 24.3. The quantitative estimate of drug-likeness (QED) is 0.803. The van der Waals surface area contributed by atoms with Crippen molar-refractivity contribution in [3.63, 3.8) is 0 Å². The predicted octanol–water partition coefficient (Wildman–Crippen LogP) is 3.04. The minimum Gasteiger partial charge on any atom is -0.311 e. The van der Waals surface area contributed by atoms with Gasteiger partial charge in [0.15, 0.2) is 0 Å². The first-order chi connectivity index (χ1) is 11.7. The van der Waals surface area contributed by atoms with Crippen LogP contribution in [0, 0.1) is 5.92 Å². The molecule has 1 aromatic rings. The maximum absolute atomic E-state index is 4.70. The van der Waals surface area contributed by atoms with Crippen LogP contribution in [0.5, 0.6) is 0 Å². The molecular weight excluding hydrogens is 298 g/mol. The van der Waals surface area contributed by atoms with Crippen molar-refractivity contribution in [2.24, 2.45) is 5.92 Å². The van der Waals surface area contributed by atoms with Gasteiger partial charge in [0.1, 0.15) is 11.6 Å². The standard InChI is InChI=1S/C19H33N5/c1-15(2)13-23-11-7-16(8-12-23)19-21-20-18(24(19)17-5-6-17)14-22-9-3-4-10-22/h15-17H,3-14H2,1-2H3. The summed E-state index contributed by atoms with van der Waals surface area (Å²) in [5, 5.41) is 9.34. The fourth-order valence-corrected chi connectivity index (χ4v) is 4.49. The second-order valence-electron chi connectivity index (χ2n) is 8.53. The first-order valence-electron chi connectivity index (χ1n) is 10.1. The maximum Gasteiger partial charge on any atom is 0.147 e. The Morgan fingerprint density at radius 1 is 0.917 bits per heavy atom. The Hall–Kier alpha value is -0.940. The summed E-state index contributed by atoms with van der Waals surface area (Å²) in [5.74, 6) is 3.92. The van der Waals surface area contributed by atoms with Crippen LogP contribution in [0.25, 0.3) is 0 Å². The van der Waals surface area contributed by atoms with Crippen LogP contribution in [-0.2, 0) is 6.54 Å². The van der Waals surface area contributed by atoms with Gasteiger partial charge in [-0.05, 0) is 70.6 Å². The molecule has 0 aromatic carbocycles. The molecule has 3 heterocycles. The minimum absolute atomic E-state index is 0.619. The Kier molecular flexibility index (Phi) is 4.90. The lowest BCUT2D eigenvalue weighted by molar-refractivity contribution is 0.188. The molecule has 0 radical (unpaired) electrons. The van der Waals surface area contributed by atoms with Crippen LogP contribution in [-0.4, -0.2) is 57.3 Å². The highest BCUT2D eigenvalue weighted by Gasteiger charge is 2.34. The number of piperidine rings is 1. The monoisotopic (exact) mass is 331 g/mol. The van der Waals surface area contributed by atoms with E-state index in [-0.39, 0.29) is 0 Å². The molecule has 2 saturated heterocycles. The third-order valence-corrected chi connectivity index (χ3v) is 5.84. The first-order valence-corrected chi connectivity index (χ1v) is 10.1. The molecule has 1 saturated carbocycles. The van der Waals surface area contributed by atoms with E-state index in [0.29, 0.717) is 12.0 Å². The number of hydrogen-bond donors (Lipinski definition) is 0. The van der Waals surface area contributed by atoms with Gasteiger partial charge in [-0.3, -0.25) is 4.90 Å². The molecule has 5 heteroatoms. The summed E-state index contributed by atoms with van der Waals surface area (Å²) >= 11 is 0. The third kappa shape index (κ3) is 3.67. The van der Waals surface area contributed by atoms with Gasteiger partial charge < -0.3 is 9.47 Å². The van der Waals surface area contributed by atoms with Crippen LogP contribution < -0.4 is 0 Å². The van der Waals surface area contributed by atoms with Crippen molar-refractivity contribution in [1.29, 1.82) is 0 Å². The average molecular weight is 332 g/mol. The maximum atomic E-state index is 4.70. The van der Waals surface area contributed by atoms with Gasteiger partial charge in [0.25, 0.3) is 0 Å². The summed E-state index contributed by atoms with van der Waals surface area (Å²) in [7, 11) is 0. The molecule has 24 heavy (non-hydrogen) atoms. The van der Waals surface area contributed by atoms with Crippen molar-refractivity contribution in [3.05, 3.63) is 11.6 Å². The summed E-state index contributed by atoms with van der Waals surface area (Å²) < 4.78 is 2.54. The zero-order valence-electron chi connectivity index (χ0n) is 15.5. The molecule has 0 spiro atoms. The van der Waals surface area contributed by atoms with Crippen LogP contribution in [0.2, 0.25) is 0 Å². The Morgan fingerprint density at radius 2 is 1.62 bits per heavy atom. The lowest BCUT2D eigenvalue weighted by Gasteiger charge is -2.32. The molecule has 3 aliphatic rings. The van der Waals surface area contributed by atoms with E-state index < -0.39 is 0 Å². The second kappa shape index (κ2) is 7.12. The molecule has 0 atom stereocenters. The first kappa shape index (κ1) is 16.5. The molecule has 4 rings (SSSR count). The van der Waals surface area contributed by atoms with E-state index in [1.54, 1.807) is 0 Å².